The highest BCUT2D eigenvalue weighted by atomic mass is 15.2. The van der Waals surface area contributed by atoms with Gasteiger partial charge in [0.15, 0.2) is 0 Å². The average Bonchev–Trinajstić information content (AvgIpc) is 2.69. The molecule has 1 aromatic carbocycles. The maximum absolute atomic E-state index is 3.52. The SMILES string of the molecule is CCC1(CC)CCC(c2ccccc2C(C(C)C)N2CCNCC2)CC1. The predicted octanol–water partition coefficient (Wildman–Crippen LogP) is 5.75. The van der Waals surface area contributed by atoms with E-state index in [1.54, 1.807) is 11.1 Å². The Morgan fingerprint density at radius 2 is 1.65 bits per heavy atom. The third-order valence-corrected chi connectivity index (χ3v) is 7.48. The second-order valence-corrected chi connectivity index (χ2v) is 9.09. The van der Waals surface area contributed by atoms with Gasteiger partial charge in [-0.2, -0.15) is 0 Å². The summed E-state index contributed by atoms with van der Waals surface area (Å²) in [6.45, 7) is 14.2. The normalized spacial score (nSPS) is 23.3. The van der Waals surface area contributed by atoms with E-state index in [9.17, 15) is 0 Å². The third-order valence-electron chi connectivity index (χ3n) is 7.48. The van der Waals surface area contributed by atoms with E-state index in [0.717, 1.165) is 19.0 Å². The molecule has 1 unspecified atom stereocenters. The minimum atomic E-state index is 0.567. The van der Waals surface area contributed by atoms with Crippen LogP contribution in [0.25, 0.3) is 0 Å². The average molecular weight is 357 g/mol. The van der Waals surface area contributed by atoms with E-state index in [1.807, 2.05) is 0 Å². The van der Waals surface area contributed by atoms with Crippen molar-refractivity contribution in [3.8, 4) is 0 Å². The molecule has 2 nitrogen and oxygen atoms in total. The van der Waals surface area contributed by atoms with Gasteiger partial charge in [0.1, 0.15) is 0 Å². The van der Waals surface area contributed by atoms with Crippen LogP contribution in [0.5, 0.6) is 0 Å². The number of hydrogen-bond donors (Lipinski definition) is 1. The van der Waals surface area contributed by atoms with Crippen molar-refractivity contribution in [1.29, 1.82) is 0 Å². The van der Waals surface area contributed by atoms with E-state index in [1.165, 1.54) is 51.6 Å². The predicted molar refractivity (Wildman–Crippen MR) is 113 cm³/mol. The molecule has 2 heteroatoms. The van der Waals surface area contributed by atoms with Gasteiger partial charge in [0, 0.05) is 32.2 Å². The van der Waals surface area contributed by atoms with Crippen molar-refractivity contribution in [2.24, 2.45) is 11.3 Å². The molecule has 0 spiro atoms. The van der Waals surface area contributed by atoms with Crippen LogP contribution in [0.2, 0.25) is 0 Å². The topological polar surface area (TPSA) is 15.3 Å². The van der Waals surface area contributed by atoms with Crippen molar-refractivity contribution in [2.75, 3.05) is 26.2 Å². The van der Waals surface area contributed by atoms with Gasteiger partial charge in [-0.1, -0.05) is 64.8 Å². The van der Waals surface area contributed by atoms with E-state index in [4.69, 9.17) is 0 Å². The number of rotatable bonds is 6. The molecule has 1 saturated carbocycles. The van der Waals surface area contributed by atoms with E-state index in [2.05, 4.69) is 62.2 Å². The van der Waals surface area contributed by atoms with Crippen molar-refractivity contribution >= 4 is 0 Å². The van der Waals surface area contributed by atoms with Crippen LogP contribution >= 0.6 is 0 Å². The van der Waals surface area contributed by atoms with Crippen LogP contribution in [0.1, 0.15) is 89.3 Å². The highest BCUT2D eigenvalue weighted by Gasteiger charge is 2.35. The van der Waals surface area contributed by atoms with Crippen molar-refractivity contribution in [3.05, 3.63) is 35.4 Å². The van der Waals surface area contributed by atoms with Gasteiger partial charge < -0.3 is 5.32 Å². The Labute approximate surface area is 161 Å². The van der Waals surface area contributed by atoms with Crippen LogP contribution < -0.4 is 5.32 Å². The summed E-state index contributed by atoms with van der Waals surface area (Å²) >= 11 is 0. The monoisotopic (exact) mass is 356 g/mol. The summed E-state index contributed by atoms with van der Waals surface area (Å²) in [5.74, 6) is 1.42. The fourth-order valence-electron chi connectivity index (χ4n) is 5.59. The molecule has 2 aliphatic rings. The zero-order valence-corrected chi connectivity index (χ0v) is 17.6. The second kappa shape index (κ2) is 8.89. The number of benzene rings is 1. The number of piperazine rings is 1. The fraction of sp³-hybridized carbons (Fsp3) is 0.750. The molecule has 1 aliphatic carbocycles. The molecule has 1 saturated heterocycles. The minimum Gasteiger partial charge on any atom is -0.314 e. The lowest BCUT2D eigenvalue weighted by Gasteiger charge is -2.42. The first-order chi connectivity index (χ1) is 12.6. The summed E-state index contributed by atoms with van der Waals surface area (Å²) in [6, 6.07) is 9.99. The number of nitrogens with zero attached hydrogens (tertiary/aromatic N) is 1. The lowest BCUT2D eigenvalue weighted by atomic mass is 9.65. The summed E-state index contributed by atoms with van der Waals surface area (Å²) in [4.78, 5) is 2.73. The van der Waals surface area contributed by atoms with Crippen LogP contribution in [0.15, 0.2) is 24.3 Å². The number of hydrogen-bond acceptors (Lipinski definition) is 2. The van der Waals surface area contributed by atoms with E-state index < -0.39 is 0 Å². The molecule has 3 rings (SSSR count). The lowest BCUT2D eigenvalue weighted by Crippen LogP contribution is -2.46. The molecular weight excluding hydrogens is 316 g/mol. The maximum atomic E-state index is 3.52. The van der Waals surface area contributed by atoms with Crippen molar-refractivity contribution < 1.29 is 0 Å². The standard InChI is InChI=1S/C24H40N2/c1-5-24(6-2)13-11-20(12-14-24)21-9-7-8-10-22(21)23(19(3)4)26-17-15-25-16-18-26/h7-10,19-20,23,25H,5-6,11-18H2,1-4H3. The molecule has 1 N–H and O–H groups in total. The Kier molecular flexibility index (Phi) is 6.80. The zero-order chi connectivity index (χ0) is 18.6. The van der Waals surface area contributed by atoms with E-state index >= 15 is 0 Å². The molecule has 0 amide bonds. The first-order valence-electron chi connectivity index (χ1n) is 11.1. The molecule has 1 aromatic rings. The van der Waals surface area contributed by atoms with Crippen LogP contribution in [0, 0.1) is 11.3 Å². The molecule has 0 bridgehead atoms. The van der Waals surface area contributed by atoms with Gasteiger partial charge in [0.25, 0.3) is 0 Å². The molecule has 1 heterocycles. The molecule has 1 atom stereocenters. The third kappa shape index (κ3) is 4.17. The summed E-state index contributed by atoms with van der Waals surface area (Å²) in [6.07, 6.45) is 8.30. The lowest BCUT2D eigenvalue weighted by molar-refractivity contribution is 0.133. The van der Waals surface area contributed by atoms with Gasteiger partial charge in [0.05, 0.1) is 0 Å². The fourth-order valence-corrected chi connectivity index (χ4v) is 5.59. The molecule has 2 fully saturated rings. The Bertz CT molecular complexity index is 545. The van der Waals surface area contributed by atoms with Crippen molar-refractivity contribution in [3.63, 3.8) is 0 Å². The molecule has 0 radical (unpaired) electrons. The van der Waals surface area contributed by atoms with Crippen molar-refractivity contribution in [2.45, 2.75) is 78.2 Å². The van der Waals surface area contributed by atoms with Gasteiger partial charge in [-0.25, -0.2) is 0 Å². The Hall–Kier alpha value is -0.860. The summed E-state index contributed by atoms with van der Waals surface area (Å²) in [5.41, 5.74) is 3.90. The summed E-state index contributed by atoms with van der Waals surface area (Å²) in [5, 5.41) is 3.52. The van der Waals surface area contributed by atoms with Gasteiger partial charge in [-0.15, -0.1) is 0 Å². The highest BCUT2D eigenvalue weighted by Crippen LogP contribution is 2.48. The maximum Gasteiger partial charge on any atom is 0.0374 e. The quantitative estimate of drug-likeness (QED) is 0.698. The largest absolute Gasteiger partial charge is 0.314 e. The van der Waals surface area contributed by atoms with E-state index in [-0.39, 0.29) is 0 Å². The Morgan fingerprint density at radius 1 is 1.04 bits per heavy atom. The first-order valence-corrected chi connectivity index (χ1v) is 11.1. The Morgan fingerprint density at radius 3 is 2.23 bits per heavy atom. The number of nitrogens with one attached hydrogen (secondary N) is 1. The molecule has 1 aliphatic heterocycles. The zero-order valence-electron chi connectivity index (χ0n) is 17.6. The van der Waals surface area contributed by atoms with E-state index in [0.29, 0.717) is 17.4 Å². The van der Waals surface area contributed by atoms with Crippen LogP contribution in [0.4, 0.5) is 0 Å². The second-order valence-electron chi connectivity index (χ2n) is 9.09. The summed E-state index contributed by atoms with van der Waals surface area (Å²) in [7, 11) is 0. The molecule has 26 heavy (non-hydrogen) atoms. The first kappa shape index (κ1) is 19.9. The highest BCUT2D eigenvalue weighted by molar-refractivity contribution is 5.34. The van der Waals surface area contributed by atoms with Crippen LogP contribution in [0.3, 0.4) is 0 Å². The minimum absolute atomic E-state index is 0.567. The molecule has 146 valence electrons. The summed E-state index contributed by atoms with van der Waals surface area (Å²) < 4.78 is 0. The van der Waals surface area contributed by atoms with Crippen LogP contribution in [-0.4, -0.2) is 31.1 Å². The van der Waals surface area contributed by atoms with Crippen molar-refractivity contribution in [1.82, 2.24) is 10.2 Å². The van der Waals surface area contributed by atoms with Gasteiger partial charge in [0.2, 0.25) is 0 Å². The van der Waals surface area contributed by atoms with Gasteiger partial charge in [-0.05, 0) is 54.1 Å². The van der Waals surface area contributed by atoms with Gasteiger partial charge >= 0.3 is 0 Å². The van der Waals surface area contributed by atoms with Gasteiger partial charge in [-0.3, -0.25) is 4.90 Å². The Balaban J connectivity index is 1.83. The smallest absolute Gasteiger partial charge is 0.0374 e. The molecule has 0 aromatic heterocycles. The molecular formula is C24H40N2. The van der Waals surface area contributed by atoms with Crippen LogP contribution in [-0.2, 0) is 0 Å².